The van der Waals surface area contributed by atoms with E-state index in [1.165, 1.54) is 0 Å². The second-order valence-corrected chi connectivity index (χ2v) is 6.41. The van der Waals surface area contributed by atoms with Crippen LogP contribution < -0.4 is 5.32 Å². The van der Waals surface area contributed by atoms with Gasteiger partial charge in [-0.2, -0.15) is 0 Å². The van der Waals surface area contributed by atoms with E-state index in [0.717, 1.165) is 12.0 Å². The van der Waals surface area contributed by atoms with Gasteiger partial charge in [-0.3, -0.25) is 4.79 Å². The molecule has 0 amide bonds. The van der Waals surface area contributed by atoms with Gasteiger partial charge >= 0.3 is 5.97 Å². The number of hydrogen-bond donors (Lipinski definition) is 2. The Bertz CT molecular complexity index is 484. The maximum atomic E-state index is 11.4. The minimum Gasteiger partial charge on any atom is -0.481 e. The maximum absolute atomic E-state index is 11.4. The number of nitrogens with zero attached hydrogens (tertiary/aromatic N) is 2. The predicted molar refractivity (Wildman–Crippen MR) is 77.5 cm³/mol. The van der Waals surface area contributed by atoms with Crippen LogP contribution in [0.2, 0.25) is 0 Å². The standard InChI is InChI=1S/C15H23N3O2/c1-9-7-16-14(17-8-9)18-12-6-5-11(13(19)20)15(3,4)10(12)2/h7-8,10-12H,5-6H2,1-4H3,(H,19,20)(H,16,17,18). The molecule has 20 heavy (non-hydrogen) atoms. The first-order valence-corrected chi connectivity index (χ1v) is 7.10. The summed E-state index contributed by atoms with van der Waals surface area (Å²) in [6.45, 7) is 8.15. The quantitative estimate of drug-likeness (QED) is 0.888. The molecule has 1 heterocycles. The fraction of sp³-hybridized carbons (Fsp3) is 0.667. The van der Waals surface area contributed by atoms with E-state index in [-0.39, 0.29) is 23.3 Å². The lowest BCUT2D eigenvalue weighted by molar-refractivity contribution is -0.149. The molecule has 0 spiro atoms. The van der Waals surface area contributed by atoms with Crippen LogP contribution in [-0.4, -0.2) is 27.1 Å². The normalized spacial score (nSPS) is 28.9. The van der Waals surface area contributed by atoms with Gasteiger partial charge in [0.2, 0.25) is 5.95 Å². The summed E-state index contributed by atoms with van der Waals surface area (Å²) < 4.78 is 0. The molecule has 1 aliphatic carbocycles. The molecule has 3 atom stereocenters. The number of carboxylic acids is 1. The van der Waals surface area contributed by atoms with Gasteiger partial charge in [0.1, 0.15) is 0 Å². The number of nitrogens with one attached hydrogen (secondary N) is 1. The van der Waals surface area contributed by atoms with Crippen molar-refractivity contribution in [3.63, 3.8) is 0 Å². The first-order valence-electron chi connectivity index (χ1n) is 7.10. The SMILES string of the molecule is Cc1cnc(NC2CCC(C(=O)O)C(C)(C)C2C)nc1. The van der Waals surface area contributed by atoms with E-state index < -0.39 is 5.97 Å². The molecule has 5 heteroatoms. The summed E-state index contributed by atoms with van der Waals surface area (Å²) in [5.41, 5.74) is 0.783. The fourth-order valence-corrected chi connectivity index (χ4v) is 3.08. The molecule has 5 nitrogen and oxygen atoms in total. The zero-order valence-electron chi connectivity index (χ0n) is 12.6. The lowest BCUT2D eigenvalue weighted by Crippen LogP contribution is -2.48. The topological polar surface area (TPSA) is 75.1 Å². The van der Waals surface area contributed by atoms with Gasteiger partial charge < -0.3 is 10.4 Å². The van der Waals surface area contributed by atoms with E-state index in [1.807, 2.05) is 20.8 Å². The molecule has 1 aromatic heterocycles. The molecular weight excluding hydrogens is 254 g/mol. The summed E-state index contributed by atoms with van der Waals surface area (Å²) in [5, 5.41) is 12.7. The van der Waals surface area contributed by atoms with Gasteiger partial charge in [0.25, 0.3) is 0 Å². The molecular formula is C15H23N3O2. The second kappa shape index (κ2) is 5.38. The molecule has 110 valence electrons. The number of aromatic nitrogens is 2. The van der Waals surface area contributed by atoms with E-state index in [0.29, 0.717) is 12.4 Å². The molecule has 1 fully saturated rings. The Hall–Kier alpha value is -1.65. The van der Waals surface area contributed by atoms with Crippen LogP contribution >= 0.6 is 0 Å². The zero-order chi connectivity index (χ0) is 14.9. The zero-order valence-corrected chi connectivity index (χ0v) is 12.6. The Morgan fingerprint density at radius 1 is 1.35 bits per heavy atom. The van der Waals surface area contributed by atoms with E-state index in [9.17, 15) is 9.90 Å². The Morgan fingerprint density at radius 2 is 1.95 bits per heavy atom. The first-order chi connectivity index (χ1) is 9.32. The van der Waals surface area contributed by atoms with Crippen molar-refractivity contribution < 1.29 is 9.90 Å². The fourth-order valence-electron chi connectivity index (χ4n) is 3.08. The summed E-state index contributed by atoms with van der Waals surface area (Å²) in [5.74, 6) is -0.111. The van der Waals surface area contributed by atoms with Crippen LogP contribution in [0.25, 0.3) is 0 Å². The highest BCUT2D eigenvalue weighted by molar-refractivity contribution is 5.71. The predicted octanol–water partition coefficient (Wildman–Crippen LogP) is 2.72. The highest BCUT2D eigenvalue weighted by Gasteiger charge is 2.46. The average molecular weight is 277 g/mol. The van der Waals surface area contributed by atoms with E-state index in [2.05, 4.69) is 22.2 Å². The van der Waals surface area contributed by atoms with Crippen molar-refractivity contribution >= 4 is 11.9 Å². The van der Waals surface area contributed by atoms with E-state index >= 15 is 0 Å². The summed E-state index contributed by atoms with van der Waals surface area (Å²) in [7, 11) is 0. The van der Waals surface area contributed by atoms with Crippen LogP contribution in [0.3, 0.4) is 0 Å². The van der Waals surface area contributed by atoms with Crippen molar-refractivity contribution in [3.8, 4) is 0 Å². The van der Waals surface area contributed by atoms with E-state index in [1.54, 1.807) is 12.4 Å². The van der Waals surface area contributed by atoms with Crippen molar-refractivity contribution in [3.05, 3.63) is 18.0 Å². The van der Waals surface area contributed by atoms with Crippen LogP contribution in [0.5, 0.6) is 0 Å². The Morgan fingerprint density at radius 3 is 2.50 bits per heavy atom. The summed E-state index contributed by atoms with van der Waals surface area (Å²) in [4.78, 5) is 19.9. The Kier molecular flexibility index (Phi) is 3.97. The maximum Gasteiger partial charge on any atom is 0.307 e. The van der Waals surface area contributed by atoms with Crippen molar-refractivity contribution in [2.24, 2.45) is 17.3 Å². The van der Waals surface area contributed by atoms with Gasteiger partial charge in [0.15, 0.2) is 0 Å². The molecule has 2 rings (SSSR count). The lowest BCUT2D eigenvalue weighted by atomic mass is 9.61. The molecule has 0 bridgehead atoms. The van der Waals surface area contributed by atoms with Crippen LogP contribution in [0.4, 0.5) is 5.95 Å². The third-order valence-electron chi connectivity index (χ3n) is 4.84. The highest BCUT2D eigenvalue weighted by atomic mass is 16.4. The van der Waals surface area contributed by atoms with Crippen LogP contribution in [0.1, 0.15) is 39.2 Å². The minimum absolute atomic E-state index is 0.211. The van der Waals surface area contributed by atoms with Crippen molar-refractivity contribution in [2.45, 2.75) is 46.6 Å². The smallest absolute Gasteiger partial charge is 0.307 e. The third-order valence-corrected chi connectivity index (χ3v) is 4.84. The van der Waals surface area contributed by atoms with Gasteiger partial charge in [-0.05, 0) is 36.7 Å². The van der Waals surface area contributed by atoms with Crippen LogP contribution in [0, 0.1) is 24.2 Å². The largest absolute Gasteiger partial charge is 0.481 e. The average Bonchev–Trinajstić information content (AvgIpc) is 2.37. The lowest BCUT2D eigenvalue weighted by Gasteiger charge is -2.46. The van der Waals surface area contributed by atoms with Gasteiger partial charge in [0, 0.05) is 18.4 Å². The van der Waals surface area contributed by atoms with Gasteiger partial charge in [-0.15, -0.1) is 0 Å². The van der Waals surface area contributed by atoms with Gasteiger partial charge in [-0.1, -0.05) is 20.8 Å². The Labute approximate surface area is 119 Å². The first kappa shape index (κ1) is 14.8. The molecule has 1 aromatic rings. The molecule has 3 unspecified atom stereocenters. The summed E-state index contributed by atoms with van der Waals surface area (Å²) >= 11 is 0. The number of anilines is 1. The Balaban J connectivity index is 2.11. The van der Waals surface area contributed by atoms with Gasteiger partial charge in [0.05, 0.1) is 5.92 Å². The molecule has 0 radical (unpaired) electrons. The molecule has 1 saturated carbocycles. The number of hydrogen-bond acceptors (Lipinski definition) is 4. The molecule has 0 aromatic carbocycles. The van der Waals surface area contributed by atoms with Crippen molar-refractivity contribution in [2.75, 3.05) is 5.32 Å². The molecule has 0 aliphatic heterocycles. The number of aliphatic carboxylic acids is 1. The third kappa shape index (κ3) is 2.76. The molecule has 2 N–H and O–H groups in total. The van der Waals surface area contributed by atoms with Crippen molar-refractivity contribution in [1.82, 2.24) is 9.97 Å². The second-order valence-electron chi connectivity index (χ2n) is 6.41. The van der Waals surface area contributed by atoms with Crippen LogP contribution in [0.15, 0.2) is 12.4 Å². The molecule has 0 saturated heterocycles. The molecule has 1 aliphatic rings. The summed E-state index contributed by atoms with van der Waals surface area (Å²) in [6.07, 6.45) is 5.09. The van der Waals surface area contributed by atoms with Gasteiger partial charge in [-0.25, -0.2) is 9.97 Å². The minimum atomic E-state index is -0.688. The monoisotopic (exact) mass is 277 g/mol. The summed E-state index contributed by atoms with van der Waals surface area (Å²) in [6, 6.07) is 0.211. The van der Waals surface area contributed by atoms with Crippen molar-refractivity contribution in [1.29, 1.82) is 0 Å². The number of rotatable bonds is 3. The number of carboxylic acid groups (broad SMARTS) is 1. The van der Waals surface area contributed by atoms with E-state index in [4.69, 9.17) is 0 Å². The highest BCUT2D eigenvalue weighted by Crippen LogP contribution is 2.45. The number of carbonyl (C=O) groups is 1. The number of aryl methyl sites for hydroxylation is 1. The van der Waals surface area contributed by atoms with Crippen LogP contribution in [-0.2, 0) is 4.79 Å².